The van der Waals surface area contributed by atoms with Crippen molar-refractivity contribution in [3.05, 3.63) is 34.3 Å². The zero-order valence-electron chi connectivity index (χ0n) is 6.96. The van der Waals surface area contributed by atoms with Gasteiger partial charge in [0, 0.05) is 10.5 Å². The van der Waals surface area contributed by atoms with Gasteiger partial charge in [0.1, 0.15) is 0 Å². The molecule has 1 aromatic carbocycles. The van der Waals surface area contributed by atoms with E-state index in [2.05, 4.69) is 28.9 Å². The van der Waals surface area contributed by atoms with Gasteiger partial charge in [-0.05, 0) is 18.1 Å². The fraction of sp³-hybridized carbons (Fsp3) is 0.333. The molecule has 0 fully saturated rings. The van der Waals surface area contributed by atoms with E-state index in [1.165, 1.54) is 5.56 Å². The lowest BCUT2D eigenvalue weighted by molar-refractivity contribution is 0.695. The Kier molecular flexibility index (Phi) is 5.55. The summed E-state index contributed by atoms with van der Waals surface area (Å²) in [6.07, 6.45) is 0.975. The number of hydrogen-bond acceptors (Lipinski definition) is 1. The molecular formula is C9H13BrClN. The van der Waals surface area contributed by atoms with Crippen LogP contribution in [0.15, 0.2) is 28.7 Å². The lowest BCUT2D eigenvalue weighted by atomic mass is 10.1. The van der Waals surface area contributed by atoms with Gasteiger partial charge in [0.05, 0.1) is 0 Å². The first-order valence-electron chi connectivity index (χ1n) is 3.75. The fourth-order valence-corrected chi connectivity index (χ4v) is 1.57. The van der Waals surface area contributed by atoms with Crippen LogP contribution in [0.3, 0.4) is 0 Å². The molecule has 0 heterocycles. The van der Waals surface area contributed by atoms with Crippen LogP contribution in [0.4, 0.5) is 0 Å². The predicted molar refractivity (Wildman–Crippen MR) is 58.6 cm³/mol. The molecule has 0 aromatic heterocycles. The number of hydrogen-bond donors (Lipinski definition) is 1. The molecular weight excluding hydrogens is 237 g/mol. The maximum Gasteiger partial charge on any atom is 0.0303 e. The predicted octanol–water partition coefficient (Wildman–Crippen LogP) is 3.28. The van der Waals surface area contributed by atoms with Crippen molar-refractivity contribution < 1.29 is 0 Å². The van der Waals surface area contributed by atoms with Crippen LogP contribution in [0, 0.1) is 0 Å². The standard InChI is InChI=1S/C9H12BrN.ClH/c1-2-9(11)7-5-3-4-6-8(7)10;/h3-6,9H,2,11H2,1H3;1H/t9-;/m1./s1. The van der Waals surface area contributed by atoms with Crippen LogP contribution in [0.1, 0.15) is 24.9 Å². The SMILES string of the molecule is CC[C@@H](N)c1ccccc1Br.Cl. The van der Waals surface area contributed by atoms with Crippen LogP contribution >= 0.6 is 28.3 Å². The summed E-state index contributed by atoms with van der Waals surface area (Å²) in [4.78, 5) is 0. The average molecular weight is 251 g/mol. The first-order chi connectivity index (χ1) is 5.25. The highest BCUT2D eigenvalue weighted by Gasteiger charge is 2.05. The highest BCUT2D eigenvalue weighted by atomic mass is 79.9. The van der Waals surface area contributed by atoms with Crippen LogP contribution in [-0.4, -0.2) is 0 Å². The smallest absolute Gasteiger partial charge is 0.0303 e. The highest BCUT2D eigenvalue weighted by Crippen LogP contribution is 2.22. The second-order valence-corrected chi connectivity index (χ2v) is 3.39. The van der Waals surface area contributed by atoms with E-state index >= 15 is 0 Å². The van der Waals surface area contributed by atoms with Gasteiger partial charge in [0.2, 0.25) is 0 Å². The average Bonchev–Trinajstić information content (AvgIpc) is 2.04. The van der Waals surface area contributed by atoms with Crippen molar-refractivity contribution in [3.63, 3.8) is 0 Å². The molecule has 0 amide bonds. The van der Waals surface area contributed by atoms with Gasteiger partial charge >= 0.3 is 0 Å². The maximum atomic E-state index is 5.87. The van der Waals surface area contributed by atoms with Crippen molar-refractivity contribution in [3.8, 4) is 0 Å². The van der Waals surface area contributed by atoms with Crippen molar-refractivity contribution in [2.45, 2.75) is 19.4 Å². The maximum absolute atomic E-state index is 5.87. The minimum atomic E-state index is 0. The second-order valence-electron chi connectivity index (χ2n) is 2.54. The van der Waals surface area contributed by atoms with Gasteiger partial charge < -0.3 is 5.73 Å². The van der Waals surface area contributed by atoms with Crippen molar-refractivity contribution in [2.75, 3.05) is 0 Å². The number of benzene rings is 1. The topological polar surface area (TPSA) is 26.0 Å². The quantitative estimate of drug-likeness (QED) is 0.856. The van der Waals surface area contributed by atoms with E-state index < -0.39 is 0 Å². The largest absolute Gasteiger partial charge is 0.324 e. The Hall–Kier alpha value is -0.0500. The van der Waals surface area contributed by atoms with Crippen molar-refractivity contribution in [1.29, 1.82) is 0 Å². The van der Waals surface area contributed by atoms with Gasteiger partial charge in [0.15, 0.2) is 0 Å². The molecule has 68 valence electrons. The lowest BCUT2D eigenvalue weighted by Gasteiger charge is -2.10. The van der Waals surface area contributed by atoms with E-state index in [1.54, 1.807) is 0 Å². The third kappa shape index (κ3) is 2.77. The van der Waals surface area contributed by atoms with Gasteiger partial charge in [-0.1, -0.05) is 41.1 Å². The molecule has 0 saturated carbocycles. The second kappa shape index (κ2) is 5.57. The molecule has 0 saturated heterocycles. The minimum absolute atomic E-state index is 0. The van der Waals surface area contributed by atoms with Crippen LogP contribution in [0.25, 0.3) is 0 Å². The van der Waals surface area contributed by atoms with Crippen molar-refractivity contribution >= 4 is 28.3 Å². The van der Waals surface area contributed by atoms with Gasteiger partial charge in [-0.25, -0.2) is 0 Å². The highest BCUT2D eigenvalue weighted by molar-refractivity contribution is 9.10. The van der Waals surface area contributed by atoms with Crippen molar-refractivity contribution in [2.24, 2.45) is 5.73 Å². The lowest BCUT2D eigenvalue weighted by Crippen LogP contribution is -2.08. The summed E-state index contributed by atoms with van der Waals surface area (Å²) in [5.74, 6) is 0. The van der Waals surface area contributed by atoms with Gasteiger partial charge in [-0.3, -0.25) is 0 Å². The molecule has 0 spiro atoms. The van der Waals surface area contributed by atoms with Crippen LogP contribution in [0.5, 0.6) is 0 Å². The van der Waals surface area contributed by atoms with E-state index in [1.807, 2.05) is 18.2 Å². The Bertz CT molecular complexity index is 240. The molecule has 1 rings (SSSR count). The summed E-state index contributed by atoms with van der Waals surface area (Å²) in [7, 11) is 0. The summed E-state index contributed by atoms with van der Waals surface area (Å²) < 4.78 is 1.11. The third-order valence-electron chi connectivity index (χ3n) is 1.74. The minimum Gasteiger partial charge on any atom is -0.324 e. The molecule has 1 nitrogen and oxygen atoms in total. The van der Waals surface area contributed by atoms with E-state index in [0.29, 0.717) is 0 Å². The molecule has 2 N–H and O–H groups in total. The monoisotopic (exact) mass is 249 g/mol. The Morgan fingerprint density at radius 1 is 1.42 bits per heavy atom. The summed E-state index contributed by atoms with van der Waals surface area (Å²) >= 11 is 3.46. The zero-order valence-corrected chi connectivity index (χ0v) is 9.36. The molecule has 1 atom stereocenters. The first kappa shape index (κ1) is 11.9. The molecule has 0 aliphatic carbocycles. The summed E-state index contributed by atoms with van der Waals surface area (Å²) in [6, 6.07) is 8.24. The van der Waals surface area contributed by atoms with Gasteiger partial charge in [0.25, 0.3) is 0 Å². The molecule has 0 unspecified atom stereocenters. The Morgan fingerprint density at radius 2 is 2.00 bits per heavy atom. The summed E-state index contributed by atoms with van der Waals surface area (Å²) in [5, 5.41) is 0. The van der Waals surface area contributed by atoms with Gasteiger partial charge in [-0.2, -0.15) is 0 Å². The van der Waals surface area contributed by atoms with Gasteiger partial charge in [-0.15, -0.1) is 12.4 Å². The number of nitrogens with two attached hydrogens (primary N) is 1. The van der Waals surface area contributed by atoms with E-state index in [0.717, 1.165) is 10.9 Å². The van der Waals surface area contributed by atoms with E-state index in [-0.39, 0.29) is 18.4 Å². The summed E-state index contributed by atoms with van der Waals surface area (Å²) in [6.45, 7) is 2.09. The number of halogens is 2. The molecule has 0 aliphatic heterocycles. The molecule has 0 radical (unpaired) electrons. The number of rotatable bonds is 2. The molecule has 0 bridgehead atoms. The molecule has 12 heavy (non-hydrogen) atoms. The fourth-order valence-electron chi connectivity index (χ4n) is 0.996. The summed E-state index contributed by atoms with van der Waals surface area (Å²) in [5.41, 5.74) is 7.05. The van der Waals surface area contributed by atoms with Crippen LogP contribution < -0.4 is 5.73 Å². The Balaban J connectivity index is 0.00000121. The normalized spacial score (nSPS) is 11.9. The third-order valence-corrected chi connectivity index (χ3v) is 2.47. The van der Waals surface area contributed by atoms with E-state index in [9.17, 15) is 0 Å². The first-order valence-corrected chi connectivity index (χ1v) is 4.55. The molecule has 1 aromatic rings. The Labute approximate surface area is 87.9 Å². The van der Waals surface area contributed by atoms with Crippen molar-refractivity contribution in [1.82, 2.24) is 0 Å². The molecule has 3 heteroatoms. The zero-order chi connectivity index (χ0) is 8.27. The Morgan fingerprint density at radius 3 is 2.50 bits per heavy atom. The van der Waals surface area contributed by atoms with E-state index in [4.69, 9.17) is 5.73 Å². The van der Waals surface area contributed by atoms with Crippen LogP contribution in [0.2, 0.25) is 0 Å². The molecule has 0 aliphatic rings. The van der Waals surface area contributed by atoms with Crippen LogP contribution in [-0.2, 0) is 0 Å².